The van der Waals surface area contributed by atoms with Crippen molar-refractivity contribution in [3.63, 3.8) is 0 Å². The van der Waals surface area contributed by atoms with Crippen molar-refractivity contribution >= 4 is 11.3 Å². The Balaban J connectivity index is 1.27. The Morgan fingerprint density at radius 3 is 2.06 bits per heavy atom. The summed E-state index contributed by atoms with van der Waals surface area (Å²) in [6.07, 6.45) is 9.30. The molecule has 1 nitrogen and oxygen atoms in total. The number of hydrogen-bond acceptors (Lipinski definition) is 1. The van der Waals surface area contributed by atoms with Gasteiger partial charge in [0.15, 0.2) is 0 Å². The van der Waals surface area contributed by atoms with Crippen LogP contribution in [0, 0.1) is 23.7 Å². The first-order valence-electron chi connectivity index (χ1n) is 18.6. The molecule has 0 spiro atoms. The van der Waals surface area contributed by atoms with Gasteiger partial charge in [0.25, 0.3) is 0 Å². The molecule has 2 aliphatic carbocycles. The highest BCUT2D eigenvalue weighted by atomic mass is 14.8. The average Bonchev–Trinajstić information content (AvgIpc) is 3.33. The summed E-state index contributed by atoms with van der Waals surface area (Å²) >= 11 is 0. The third kappa shape index (κ3) is 5.64. The molecule has 4 aromatic rings. The molecule has 0 aromatic heterocycles. The first-order chi connectivity index (χ1) is 23.2. The molecule has 1 aliphatic heterocycles. The first-order valence-corrected chi connectivity index (χ1v) is 18.6. The molecule has 0 radical (unpaired) electrons. The second-order valence-electron chi connectivity index (χ2n) is 15.4. The van der Waals surface area contributed by atoms with E-state index in [0.29, 0.717) is 29.6 Å². The molecule has 4 aromatic carbocycles. The van der Waals surface area contributed by atoms with Gasteiger partial charge in [0.1, 0.15) is 0 Å². The summed E-state index contributed by atoms with van der Waals surface area (Å²) in [7, 11) is 0. The van der Waals surface area contributed by atoms with Gasteiger partial charge in [-0.15, -0.1) is 0 Å². The quantitative estimate of drug-likeness (QED) is 0.201. The lowest BCUT2D eigenvalue weighted by Crippen LogP contribution is -2.28. The molecule has 0 fully saturated rings. The molecule has 0 amide bonds. The van der Waals surface area contributed by atoms with Crippen LogP contribution in [0.2, 0.25) is 0 Å². The molecule has 0 saturated carbocycles. The van der Waals surface area contributed by atoms with Crippen LogP contribution in [0.15, 0.2) is 120 Å². The first kappa shape index (κ1) is 32.6. The number of aliphatic imine (C=N–C) groups is 1. The Hall–Kier alpha value is -3.97. The minimum absolute atomic E-state index is 0.0139. The third-order valence-corrected chi connectivity index (χ3v) is 12.4. The fraction of sp³-hybridized carbons (Fsp3) is 0.383. The number of nitrogens with zero attached hydrogens (tertiary/aromatic N) is 1. The lowest BCUT2D eigenvalue weighted by Gasteiger charge is -2.35. The third-order valence-electron chi connectivity index (χ3n) is 12.4. The molecule has 48 heavy (non-hydrogen) atoms. The van der Waals surface area contributed by atoms with Crippen LogP contribution in [0.5, 0.6) is 0 Å². The normalized spacial score (nSPS) is 27.4. The van der Waals surface area contributed by atoms with Crippen molar-refractivity contribution in [2.45, 2.75) is 91.5 Å². The van der Waals surface area contributed by atoms with Gasteiger partial charge in [-0.3, -0.25) is 4.99 Å². The van der Waals surface area contributed by atoms with Gasteiger partial charge < -0.3 is 0 Å². The topological polar surface area (TPSA) is 12.4 Å². The minimum atomic E-state index is -0.0139. The molecular formula is C47H53N. The van der Waals surface area contributed by atoms with E-state index in [4.69, 9.17) is 4.99 Å². The maximum atomic E-state index is 5.83. The zero-order valence-corrected chi connectivity index (χ0v) is 30.1. The van der Waals surface area contributed by atoms with Crippen LogP contribution in [-0.2, 0) is 5.41 Å². The van der Waals surface area contributed by atoms with Crippen molar-refractivity contribution in [2.24, 2.45) is 28.7 Å². The standard InChI is InChI=1S/C47H53N/c1-8-37-30(3)19-26-39(32(37)5)33-21-23-34(24-22-33)40-27-20-31(4)45(48-46(38(40)9-2)35-15-11-10-12-16-35)36-25-28-42-41-17-13-14-18-43(41)47(6,7)44(42)29-36/h10-19,21-26,28-29,31-32,37-38,40,45H,8-9,20,27H2,1-7H3/b48-46-. The van der Waals surface area contributed by atoms with Crippen LogP contribution < -0.4 is 0 Å². The molecule has 3 aliphatic rings. The Morgan fingerprint density at radius 2 is 1.33 bits per heavy atom. The van der Waals surface area contributed by atoms with Gasteiger partial charge in [-0.05, 0) is 106 Å². The second kappa shape index (κ2) is 13.1. The molecule has 6 unspecified atom stereocenters. The zero-order chi connectivity index (χ0) is 33.6. The van der Waals surface area contributed by atoms with E-state index in [2.05, 4.69) is 158 Å². The van der Waals surface area contributed by atoms with E-state index in [1.165, 1.54) is 74.2 Å². The molecule has 0 N–H and O–H groups in total. The number of rotatable bonds is 6. The van der Waals surface area contributed by atoms with Gasteiger partial charge in [-0.2, -0.15) is 0 Å². The summed E-state index contributed by atoms with van der Waals surface area (Å²) < 4.78 is 0. The van der Waals surface area contributed by atoms with Gasteiger partial charge in [-0.25, -0.2) is 0 Å². The molecule has 246 valence electrons. The number of fused-ring (bicyclic) bond motifs is 3. The molecular weight excluding hydrogens is 579 g/mol. The molecule has 1 heteroatoms. The highest BCUT2D eigenvalue weighted by Gasteiger charge is 2.37. The Morgan fingerprint density at radius 1 is 0.667 bits per heavy atom. The van der Waals surface area contributed by atoms with Crippen LogP contribution in [0.25, 0.3) is 16.7 Å². The summed E-state index contributed by atoms with van der Waals surface area (Å²) in [4.78, 5) is 5.83. The van der Waals surface area contributed by atoms with Gasteiger partial charge >= 0.3 is 0 Å². The molecule has 0 bridgehead atoms. The van der Waals surface area contributed by atoms with Crippen molar-refractivity contribution in [3.05, 3.63) is 148 Å². The summed E-state index contributed by atoms with van der Waals surface area (Å²) in [5.41, 5.74) is 15.4. The largest absolute Gasteiger partial charge is 0.280 e. The fourth-order valence-electron chi connectivity index (χ4n) is 9.51. The van der Waals surface area contributed by atoms with Gasteiger partial charge in [0.2, 0.25) is 0 Å². The minimum Gasteiger partial charge on any atom is -0.280 e. The summed E-state index contributed by atoms with van der Waals surface area (Å²) in [5.74, 6) is 2.40. The van der Waals surface area contributed by atoms with Crippen LogP contribution in [-0.4, -0.2) is 5.71 Å². The summed E-state index contributed by atoms with van der Waals surface area (Å²) in [6.45, 7) is 16.6. The maximum Gasteiger partial charge on any atom is 0.0778 e. The Labute approximate surface area is 289 Å². The van der Waals surface area contributed by atoms with Crippen molar-refractivity contribution in [1.29, 1.82) is 0 Å². The molecule has 1 heterocycles. The molecule has 6 atom stereocenters. The number of hydrogen-bond donors (Lipinski definition) is 0. The lowest BCUT2D eigenvalue weighted by molar-refractivity contribution is 0.362. The van der Waals surface area contributed by atoms with Gasteiger partial charge in [0.05, 0.1) is 6.04 Å². The summed E-state index contributed by atoms with van der Waals surface area (Å²) in [5, 5.41) is 0. The molecule has 7 rings (SSSR count). The van der Waals surface area contributed by atoms with Crippen LogP contribution >= 0.6 is 0 Å². The zero-order valence-electron chi connectivity index (χ0n) is 30.1. The van der Waals surface area contributed by atoms with E-state index in [1.807, 2.05) is 0 Å². The average molecular weight is 632 g/mol. The predicted octanol–water partition coefficient (Wildman–Crippen LogP) is 12.8. The second-order valence-corrected chi connectivity index (χ2v) is 15.4. The van der Waals surface area contributed by atoms with Crippen LogP contribution in [0.1, 0.15) is 119 Å². The SMILES string of the molecule is CCC1C(C)=CC=C(c2ccc(C3CCC(C)C(c4ccc5c(c4)C(C)(C)c4ccccc4-5)/N=C(/c4ccccc4)C3CC)cc2)C1C. The smallest absolute Gasteiger partial charge is 0.0778 e. The Bertz CT molecular complexity index is 1870. The highest BCUT2D eigenvalue weighted by molar-refractivity contribution is 6.03. The fourth-order valence-corrected chi connectivity index (χ4v) is 9.51. The maximum absolute atomic E-state index is 5.83. The van der Waals surface area contributed by atoms with Crippen molar-refractivity contribution < 1.29 is 0 Å². The van der Waals surface area contributed by atoms with E-state index in [-0.39, 0.29) is 11.5 Å². The van der Waals surface area contributed by atoms with E-state index >= 15 is 0 Å². The van der Waals surface area contributed by atoms with Crippen LogP contribution in [0.3, 0.4) is 0 Å². The summed E-state index contributed by atoms with van der Waals surface area (Å²) in [6, 6.07) is 37.1. The Kier molecular flexibility index (Phi) is 8.92. The predicted molar refractivity (Wildman–Crippen MR) is 206 cm³/mol. The number of benzene rings is 4. The van der Waals surface area contributed by atoms with Gasteiger partial charge in [0, 0.05) is 17.0 Å². The van der Waals surface area contributed by atoms with Crippen LogP contribution in [0.4, 0.5) is 0 Å². The van der Waals surface area contributed by atoms with Crippen molar-refractivity contribution in [2.75, 3.05) is 0 Å². The van der Waals surface area contributed by atoms with E-state index < -0.39 is 0 Å². The van der Waals surface area contributed by atoms with Crippen molar-refractivity contribution in [3.8, 4) is 11.1 Å². The highest BCUT2D eigenvalue weighted by Crippen LogP contribution is 2.50. The monoisotopic (exact) mass is 631 g/mol. The van der Waals surface area contributed by atoms with Crippen molar-refractivity contribution in [1.82, 2.24) is 0 Å². The molecule has 0 saturated heterocycles. The van der Waals surface area contributed by atoms with E-state index in [0.717, 1.165) is 12.8 Å². The van der Waals surface area contributed by atoms with Gasteiger partial charge in [-0.1, -0.05) is 156 Å². The van der Waals surface area contributed by atoms with E-state index in [9.17, 15) is 0 Å². The number of allylic oxidation sites excluding steroid dienone is 4. The van der Waals surface area contributed by atoms with E-state index in [1.54, 1.807) is 0 Å². The lowest BCUT2D eigenvalue weighted by atomic mass is 9.72.